The highest BCUT2D eigenvalue weighted by Crippen LogP contribution is 2.11. The Labute approximate surface area is 83.7 Å². The predicted molar refractivity (Wildman–Crippen MR) is 51.9 cm³/mol. The molecule has 0 aliphatic rings. The fourth-order valence-corrected chi connectivity index (χ4v) is 1.43. The lowest BCUT2D eigenvalue weighted by atomic mass is 10.3. The molecule has 1 rings (SSSR count). The van der Waals surface area contributed by atoms with Gasteiger partial charge in [0.1, 0.15) is 12.4 Å². The van der Waals surface area contributed by atoms with Crippen LogP contribution in [0, 0.1) is 0 Å². The zero-order chi connectivity index (χ0) is 10.6. The molecular formula is C9H17N3O2. The number of hydrogen-bond donors (Lipinski definition) is 1. The van der Waals surface area contributed by atoms with Gasteiger partial charge in [-0.05, 0) is 13.8 Å². The van der Waals surface area contributed by atoms with Crippen molar-refractivity contribution < 1.29 is 9.84 Å². The van der Waals surface area contributed by atoms with Gasteiger partial charge >= 0.3 is 0 Å². The molecule has 0 bridgehead atoms. The molecule has 0 saturated heterocycles. The quantitative estimate of drug-likeness (QED) is 0.752. The Kier molecular flexibility index (Phi) is 4.03. The molecule has 1 aromatic heterocycles. The Morgan fingerprint density at radius 2 is 2.00 bits per heavy atom. The predicted octanol–water partition coefficient (Wildman–Crippen LogP) is 0.540. The van der Waals surface area contributed by atoms with Crippen LogP contribution in [0.15, 0.2) is 0 Å². The number of rotatable bonds is 5. The van der Waals surface area contributed by atoms with Crippen LogP contribution in [-0.4, -0.2) is 33.6 Å². The van der Waals surface area contributed by atoms with Gasteiger partial charge in [0.2, 0.25) is 0 Å². The number of nitrogens with zero attached hydrogens (tertiary/aromatic N) is 3. The van der Waals surface area contributed by atoms with E-state index in [2.05, 4.69) is 10.2 Å². The summed E-state index contributed by atoms with van der Waals surface area (Å²) in [5, 5.41) is 17.0. The van der Waals surface area contributed by atoms with Gasteiger partial charge in [0.15, 0.2) is 5.82 Å². The normalized spacial score (nSPS) is 11.2. The molecule has 1 heterocycles. The van der Waals surface area contributed by atoms with E-state index in [1.807, 2.05) is 18.4 Å². The van der Waals surface area contributed by atoms with Crippen molar-refractivity contribution >= 4 is 0 Å². The molecule has 0 spiro atoms. The lowest BCUT2D eigenvalue weighted by Gasteiger charge is -2.12. The molecule has 0 radical (unpaired) electrons. The molecule has 5 heteroatoms. The summed E-state index contributed by atoms with van der Waals surface area (Å²) < 4.78 is 6.92. The van der Waals surface area contributed by atoms with Crippen molar-refractivity contribution in [2.45, 2.75) is 32.9 Å². The summed E-state index contributed by atoms with van der Waals surface area (Å²) in [6.45, 7) is 4.63. The van der Waals surface area contributed by atoms with Crippen LogP contribution in [0.4, 0.5) is 0 Å². The van der Waals surface area contributed by atoms with Gasteiger partial charge < -0.3 is 14.4 Å². The maximum absolute atomic E-state index is 9.05. The minimum Gasteiger partial charge on any atom is -0.388 e. The first-order chi connectivity index (χ1) is 6.70. The first-order valence-corrected chi connectivity index (χ1v) is 4.73. The van der Waals surface area contributed by atoms with E-state index in [0.29, 0.717) is 12.4 Å². The second-order valence-electron chi connectivity index (χ2n) is 3.40. The SMILES string of the molecule is COCCc1nnc(CO)n1C(C)C. The highest BCUT2D eigenvalue weighted by molar-refractivity contribution is 4.97. The van der Waals surface area contributed by atoms with Gasteiger partial charge in [-0.2, -0.15) is 0 Å². The molecule has 0 saturated carbocycles. The summed E-state index contributed by atoms with van der Waals surface area (Å²) in [5.41, 5.74) is 0. The number of aliphatic hydroxyl groups excluding tert-OH is 1. The molecule has 1 N–H and O–H groups in total. The minimum absolute atomic E-state index is 0.0713. The Morgan fingerprint density at radius 1 is 1.36 bits per heavy atom. The fourth-order valence-electron chi connectivity index (χ4n) is 1.43. The lowest BCUT2D eigenvalue weighted by molar-refractivity contribution is 0.198. The van der Waals surface area contributed by atoms with E-state index in [9.17, 15) is 0 Å². The van der Waals surface area contributed by atoms with Crippen LogP contribution in [0.1, 0.15) is 31.5 Å². The van der Waals surface area contributed by atoms with Gasteiger partial charge in [0.25, 0.3) is 0 Å². The van der Waals surface area contributed by atoms with E-state index < -0.39 is 0 Å². The van der Waals surface area contributed by atoms with Gasteiger partial charge in [-0.15, -0.1) is 10.2 Å². The molecular weight excluding hydrogens is 182 g/mol. The van der Waals surface area contributed by atoms with Crippen molar-refractivity contribution in [1.82, 2.24) is 14.8 Å². The molecule has 5 nitrogen and oxygen atoms in total. The number of aromatic nitrogens is 3. The average Bonchev–Trinajstić information content (AvgIpc) is 2.57. The second kappa shape index (κ2) is 5.07. The van der Waals surface area contributed by atoms with E-state index in [0.717, 1.165) is 12.2 Å². The third-order valence-electron chi connectivity index (χ3n) is 2.02. The third kappa shape index (κ3) is 2.30. The van der Waals surface area contributed by atoms with E-state index in [1.165, 1.54) is 0 Å². The van der Waals surface area contributed by atoms with E-state index in [1.54, 1.807) is 7.11 Å². The smallest absolute Gasteiger partial charge is 0.159 e. The Hall–Kier alpha value is -0.940. The molecule has 0 atom stereocenters. The second-order valence-corrected chi connectivity index (χ2v) is 3.40. The molecule has 0 fully saturated rings. The van der Waals surface area contributed by atoms with E-state index in [-0.39, 0.29) is 12.6 Å². The van der Waals surface area contributed by atoms with Crippen LogP contribution in [0.5, 0.6) is 0 Å². The van der Waals surface area contributed by atoms with Crippen LogP contribution in [0.25, 0.3) is 0 Å². The van der Waals surface area contributed by atoms with Crippen LogP contribution in [0.3, 0.4) is 0 Å². The lowest BCUT2D eigenvalue weighted by Crippen LogP contribution is -2.11. The first-order valence-electron chi connectivity index (χ1n) is 4.73. The van der Waals surface area contributed by atoms with Crippen molar-refractivity contribution in [1.29, 1.82) is 0 Å². The topological polar surface area (TPSA) is 60.2 Å². The number of hydrogen-bond acceptors (Lipinski definition) is 4. The average molecular weight is 199 g/mol. The maximum Gasteiger partial charge on any atom is 0.159 e. The standard InChI is InChI=1S/C9H17N3O2/c1-7(2)12-8(4-5-14-3)10-11-9(12)6-13/h7,13H,4-6H2,1-3H3. The summed E-state index contributed by atoms with van der Waals surface area (Å²) in [5.74, 6) is 1.48. The Balaban J connectivity index is 2.87. The molecule has 1 aromatic rings. The van der Waals surface area contributed by atoms with Crippen LogP contribution >= 0.6 is 0 Å². The van der Waals surface area contributed by atoms with Crippen molar-refractivity contribution in [2.24, 2.45) is 0 Å². The van der Waals surface area contributed by atoms with E-state index >= 15 is 0 Å². The van der Waals surface area contributed by atoms with Gasteiger partial charge in [0, 0.05) is 19.6 Å². The maximum atomic E-state index is 9.05. The largest absolute Gasteiger partial charge is 0.388 e. The van der Waals surface area contributed by atoms with Gasteiger partial charge in [-0.25, -0.2) is 0 Å². The number of aliphatic hydroxyl groups is 1. The van der Waals surface area contributed by atoms with Gasteiger partial charge in [0.05, 0.1) is 6.61 Å². The van der Waals surface area contributed by atoms with Crippen LogP contribution in [-0.2, 0) is 17.8 Å². The molecule has 0 aliphatic carbocycles. The zero-order valence-electron chi connectivity index (χ0n) is 8.90. The molecule has 0 unspecified atom stereocenters. The Morgan fingerprint density at radius 3 is 2.50 bits per heavy atom. The summed E-state index contributed by atoms with van der Waals surface area (Å²) in [6, 6.07) is 0.263. The summed E-state index contributed by atoms with van der Waals surface area (Å²) in [6.07, 6.45) is 0.724. The highest BCUT2D eigenvalue weighted by Gasteiger charge is 2.13. The van der Waals surface area contributed by atoms with Crippen molar-refractivity contribution in [2.75, 3.05) is 13.7 Å². The van der Waals surface area contributed by atoms with Gasteiger partial charge in [-0.3, -0.25) is 0 Å². The number of ether oxygens (including phenoxy) is 1. The zero-order valence-corrected chi connectivity index (χ0v) is 8.90. The molecule has 0 amide bonds. The van der Waals surface area contributed by atoms with Crippen LogP contribution in [0.2, 0.25) is 0 Å². The summed E-state index contributed by atoms with van der Waals surface area (Å²) >= 11 is 0. The molecule has 14 heavy (non-hydrogen) atoms. The molecule has 0 aliphatic heterocycles. The van der Waals surface area contributed by atoms with Crippen molar-refractivity contribution in [3.8, 4) is 0 Å². The fraction of sp³-hybridized carbons (Fsp3) is 0.778. The molecule has 80 valence electrons. The van der Waals surface area contributed by atoms with Gasteiger partial charge in [-0.1, -0.05) is 0 Å². The van der Waals surface area contributed by atoms with Crippen molar-refractivity contribution in [3.05, 3.63) is 11.6 Å². The highest BCUT2D eigenvalue weighted by atomic mass is 16.5. The number of methoxy groups -OCH3 is 1. The Bertz CT molecular complexity index is 284. The van der Waals surface area contributed by atoms with E-state index in [4.69, 9.17) is 9.84 Å². The third-order valence-corrected chi connectivity index (χ3v) is 2.02. The van der Waals surface area contributed by atoms with Crippen LogP contribution < -0.4 is 0 Å². The molecule has 0 aromatic carbocycles. The minimum atomic E-state index is -0.0713. The summed E-state index contributed by atoms with van der Waals surface area (Å²) in [4.78, 5) is 0. The van der Waals surface area contributed by atoms with Crippen molar-refractivity contribution in [3.63, 3.8) is 0 Å². The monoisotopic (exact) mass is 199 g/mol. The summed E-state index contributed by atoms with van der Waals surface area (Å²) in [7, 11) is 1.66. The first kappa shape index (κ1) is 11.1.